The van der Waals surface area contributed by atoms with Crippen molar-refractivity contribution in [3.63, 3.8) is 0 Å². The summed E-state index contributed by atoms with van der Waals surface area (Å²) in [5.41, 5.74) is 1.25. The van der Waals surface area contributed by atoms with Crippen LogP contribution in [0.1, 0.15) is 32.3 Å². The van der Waals surface area contributed by atoms with Crippen LogP contribution in [0.15, 0.2) is 17.4 Å². The van der Waals surface area contributed by atoms with Gasteiger partial charge in [0.15, 0.2) is 5.96 Å². The molecule has 0 radical (unpaired) electrons. The van der Waals surface area contributed by atoms with Gasteiger partial charge in [-0.25, -0.2) is 0 Å². The van der Waals surface area contributed by atoms with Gasteiger partial charge in [0.1, 0.15) is 0 Å². The van der Waals surface area contributed by atoms with Gasteiger partial charge < -0.3 is 10.6 Å². The van der Waals surface area contributed by atoms with Gasteiger partial charge in [-0.2, -0.15) is 16.9 Å². The number of guanidine groups is 1. The van der Waals surface area contributed by atoms with Crippen molar-refractivity contribution in [2.75, 3.05) is 25.4 Å². The lowest BCUT2D eigenvalue weighted by Gasteiger charge is -2.21. The van der Waals surface area contributed by atoms with Crippen LogP contribution in [0.4, 0.5) is 0 Å². The molecule has 2 N–H and O–H groups in total. The van der Waals surface area contributed by atoms with E-state index < -0.39 is 0 Å². The van der Waals surface area contributed by atoms with E-state index in [9.17, 15) is 0 Å². The highest BCUT2D eigenvalue weighted by atomic mass is 127. The standard InChI is InChI=1S/C15H27N5S.HI/c1-4-16-14(18-12-15(2)7-5-9-21-15)17-8-6-13-10-19-20(3)11-13;/h10-11H,4-9,12H2,1-3H3,(H2,16,17,18);1H. The summed E-state index contributed by atoms with van der Waals surface area (Å²) in [6.45, 7) is 7.08. The average Bonchev–Trinajstić information content (AvgIpc) is 3.06. The normalized spacial score (nSPS) is 21.5. The molecule has 1 saturated heterocycles. The SMILES string of the molecule is CCNC(=NCC1(C)CCCS1)NCCc1cnn(C)c1.I. The van der Waals surface area contributed by atoms with E-state index in [2.05, 4.69) is 47.5 Å². The zero-order valence-electron chi connectivity index (χ0n) is 13.8. The molecular weight excluding hydrogens is 409 g/mol. The molecule has 7 heteroatoms. The Morgan fingerprint density at radius 3 is 2.91 bits per heavy atom. The van der Waals surface area contributed by atoms with Gasteiger partial charge in [-0.05, 0) is 44.4 Å². The van der Waals surface area contributed by atoms with Crippen molar-refractivity contribution in [1.82, 2.24) is 20.4 Å². The van der Waals surface area contributed by atoms with Gasteiger partial charge in [0, 0.05) is 31.1 Å². The van der Waals surface area contributed by atoms with Crippen LogP contribution < -0.4 is 10.6 Å². The van der Waals surface area contributed by atoms with Gasteiger partial charge in [0.05, 0.1) is 12.7 Å². The molecule has 1 aromatic heterocycles. The van der Waals surface area contributed by atoms with Crippen molar-refractivity contribution in [2.24, 2.45) is 12.0 Å². The minimum atomic E-state index is 0. The van der Waals surface area contributed by atoms with Gasteiger partial charge in [0.2, 0.25) is 0 Å². The summed E-state index contributed by atoms with van der Waals surface area (Å²) in [6.07, 6.45) is 7.53. The minimum absolute atomic E-state index is 0. The molecule has 0 bridgehead atoms. The second kappa shape index (κ2) is 9.64. The molecule has 1 atom stereocenters. The van der Waals surface area contributed by atoms with E-state index >= 15 is 0 Å². The van der Waals surface area contributed by atoms with Crippen molar-refractivity contribution in [3.05, 3.63) is 18.0 Å². The summed E-state index contributed by atoms with van der Waals surface area (Å²) < 4.78 is 2.17. The molecule has 5 nitrogen and oxygen atoms in total. The fraction of sp³-hybridized carbons (Fsp3) is 0.733. The first kappa shape index (κ1) is 19.6. The zero-order chi connectivity index (χ0) is 15.1. The second-order valence-electron chi connectivity index (χ2n) is 5.80. The van der Waals surface area contributed by atoms with Crippen LogP contribution >= 0.6 is 35.7 Å². The second-order valence-corrected chi connectivity index (χ2v) is 7.48. The fourth-order valence-corrected chi connectivity index (χ4v) is 3.70. The Bertz CT molecular complexity index is 468. The summed E-state index contributed by atoms with van der Waals surface area (Å²) >= 11 is 2.05. The molecule has 0 saturated carbocycles. The first-order valence-electron chi connectivity index (χ1n) is 7.75. The number of rotatable bonds is 6. The molecule has 22 heavy (non-hydrogen) atoms. The Morgan fingerprint density at radius 2 is 2.32 bits per heavy atom. The molecule has 126 valence electrons. The number of aryl methyl sites for hydroxylation is 1. The highest BCUT2D eigenvalue weighted by Crippen LogP contribution is 2.37. The zero-order valence-corrected chi connectivity index (χ0v) is 16.9. The number of thioether (sulfide) groups is 1. The predicted molar refractivity (Wildman–Crippen MR) is 106 cm³/mol. The highest BCUT2D eigenvalue weighted by molar-refractivity contribution is 14.0. The lowest BCUT2D eigenvalue weighted by molar-refractivity contribution is 0.614. The molecule has 0 aromatic carbocycles. The molecule has 2 rings (SSSR count). The van der Waals surface area contributed by atoms with Crippen molar-refractivity contribution in [3.8, 4) is 0 Å². The highest BCUT2D eigenvalue weighted by Gasteiger charge is 2.29. The van der Waals surface area contributed by atoms with E-state index in [0.717, 1.165) is 32.0 Å². The topological polar surface area (TPSA) is 54.2 Å². The molecule has 1 fully saturated rings. The summed E-state index contributed by atoms with van der Waals surface area (Å²) in [7, 11) is 1.95. The molecule has 0 aliphatic carbocycles. The van der Waals surface area contributed by atoms with Gasteiger partial charge >= 0.3 is 0 Å². The smallest absolute Gasteiger partial charge is 0.191 e. The Morgan fingerprint density at radius 1 is 1.50 bits per heavy atom. The first-order valence-corrected chi connectivity index (χ1v) is 8.73. The van der Waals surface area contributed by atoms with Crippen molar-refractivity contribution in [2.45, 2.75) is 37.9 Å². The first-order chi connectivity index (χ1) is 10.1. The fourth-order valence-electron chi connectivity index (χ4n) is 2.48. The number of aromatic nitrogens is 2. The van der Waals surface area contributed by atoms with E-state index in [0.29, 0.717) is 4.75 Å². The maximum atomic E-state index is 4.76. The van der Waals surface area contributed by atoms with Crippen LogP contribution in [-0.2, 0) is 13.5 Å². The Balaban J connectivity index is 0.00000242. The maximum Gasteiger partial charge on any atom is 0.191 e. The van der Waals surface area contributed by atoms with Crippen LogP contribution in [0.25, 0.3) is 0 Å². The van der Waals surface area contributed by atoms with E-state index in [-0.39, 0.29) is 24.0 Å². The summed E-state index contributed by atoms with van der Waals surface area (Å²) in [4.78, 5) is 4.76. The number of hydrogen-bond acceptors (Lipinski definition) is 3. The van der Waals surface area contributed by atoms with E-state index in [1.54, 1.807) is 0 Å². The molecular formula is C15H28IN5S. The monoisotopic (exact) mass is 437 g/mol. The number of nitrogens with zero attached hydrogens (tertiary/aromatic N) is 3. The van der Waals surface area contributed by atoms with Crippen molar-refractivity contribution in [1.29, 1.82) is 0 Å². The third-order valence-corrected chi connectivity index (χ3v) is 5.20. The Hall–Kier alpha value is -0.440. The molecule has 2 heterocycles. The number of nitrogens with one attached hydrogen (secondary N) is 2. The molecule has 0 spiro atoms. The summed E-state index contributed by atoms with van der Waals surface area (Å²) in [5, 5.41) is 10.9. The van der Waals surface area contributed by atoms with Crippen LogP contribution in [0.3, 0.4) is 0 Å². The lowest BCUT2D eigenvalue weighted by atomic mass is 10.1. The predicted octanol–water partition coefficient (Wildman–Crippen LogP) is 2.42. The molecule has 0 amide bonds. The maximum absolute atomic E-state index is 4.76. The minimum Gasteiger partial charge on any atom is -0.357 e. The van der Waals surface area contributed by atoms with Gasteiger partial charge in [-0.15, -0.1) is 24.0 Å². The largest absolute Gasteiger partial charge is 0.357 e. The van der Waals surface area contributed by atoms with Crippen LogP contribution in [-0.4, -0.2) is 45.9 Å². The van der Waals surface area contributed by atoms with E-state index in [1.807, 2.05) is 17.9 Å². The van der Waals surface area contributed by atoms with Crippen LogP contribution in [0.2, 0.25) is 0 Å². The molecule has 1 unspecified atom stereocenters. The summed E-state index contributed by atoms with van der Waals surface area (Å²) in [5.74, 6) is 2.20. The number of halogens is 1. The average molecular weight is 437 g/mol. The van der Waals surface area contributed by atoms with Gasteiger partial charge in [-0.3, -0.25) is 9.67 Å². The number of aliphatic imine (C=N–C) groups is 1. The van der Waals surface area contributed by atoms with Gasteiger partial charge in [0.25, 0.3) is 0 Å². The molecule has 1 aliphatic rings. The van der Waals surface area contributed by atoms with Crippen LogP contribution in [0, 0.1) is 0 Å². The van der Waals surface area contributed by atoms with Gasteiger partial charge in [-0.1, -0.05) is 0 Å². The van der Waals surface area contributed by atoms with Crippen molar-refractivity contribution < 1.29 is 0 Å². The van der Waals surface area contributed by atoms with Crippen LogP contribution in [0.5, 0.6) is 0 Å². The number of hydrogen-bond donors (Lipinski definition) is 2. The third kappa shape index (κ3) is 6.36. The van der Waals surface area contributed by atoms with E-state index in [4.69, 9.17) is 4.99 Å². The lowest BCUT2D eigenvalue weighted by Crippen LogP contribution is -2.39. The Kier molecular flexibility index (Phi) is 8.59. The van der Waals surface area contributed by atoms with E-state index in [1.165, 1.54) is 24.2 Å². The van der Waals surface area contributed by atoms with Crippen molar-refractivity contribution >= 4 is 41.7 Å². The molecule has 1 aliphatic heterocycles. The quantitative estimate of drug-likeness (QED) is 0.408. The Labute approximate surface area is 155 Å². The summed E-state index contributed by atoms with van der Waals surface area (Å²) in [6, 6.07) is 0. The third-order valence-electron chi connectivity index (χ3n) is 3.68. The molecule has 1 aromatic rings.